The van der Waals surface area contributed by atoms with E-state index >= 15 is 0 Å². The van der Waals surface area contributed by atoms with Crippen molar-refractivity contribution in [3.63, 3.8) is 0 Å². The van der Waals surface area contributed by atoms with Gasteiger partial charge in [0.25, 0.3) is 0 Å². The Labute approximate surface area is 78.1 Å². The average molecular weight is 175 g/mol. The molecule has 0 saturated heterocycles. The lowest BCUT2D eigenvalue weighted by Crippen LogP contribution is -2.02. The van der Waals surface area contributed by atoms with Crippen molar-refractivity contribution in [2.75, 3.05) is 0 Å². The number of rotatable bonds is 2. The molecule has 0 aliphatic rings. The lowest BCUT2D eigenvalue weighted by Gasteiger charge is -2.06. The summed E-state index contributed by atoms with van der Waals surface area (Å²) in [7, 11) is 0. The summed E-state index contributed by atoms with van der Waals surface area (Å²) in [5, 5.41) is 0. The van der Waals surface area contributed by atoms with Gasteiger partial charge in [-0.05, 0) is 30.5 Å². The van der Waals surface area contributed by atoms with Gasteiger partial charge in [0.05, 0.1) is 5.70 Å². The van der Waals surface area contributed by atoms with E-state index in [9.17, 15) is 4.79 Å². The highest BCUT2D eigenvalue weighted by molar-refractivity contribution is 5.86. The fourth-order valence-electron chi connectivity index (χ4n) is 1.24. The third kappa shape index (κ3) is 1.96. The van der Waals surface area contributed by atoms with E-state index in [1.807, 2.05) is 38.1 Å². The third-order valence-electron chi connectivity index (χ3n) is 2.11. The molecule has 13 heavy (non-hydrogen) atoms. The summed E-state index contributed by atoms with van der Waals surface area (Å²) < 4.78 is 0. The average Bonchev–Trinajstić information content (AvgIpc) is 2.16. The lowest BCUT2D eigenvalue weighted by atomic mass is 10.0. The fraction of sp³-hybridized carbons (Fsp3) is 0.182. The van der Waals surface area contributed by atoms with Crippen molar-refractivity contribution < 1.29 is 4.79 Å². The van der Waals surface area contributed by atoms with Gasteiger partial charge in [-0.25, -0.2) is 0 Å². The van der Waals surface area contributed by atoms with Crippen LogP contribution in [0.15, 0.2) is 30.0 Å². The minimum Gasteiger partial charge on any atom is -0.396 e. The van der Waals surface area contributed by atoms with Gasteiger partial charge < -0.3 is 5.73 Å². The summed E-state index contributed by atoms with van der Waals surface area (Å²) in [6.45, 7) is 3.85. The summed E-state index contributed by atoms with van der Waals surface area (Å²) in [6, 6.07) is 7.85. The third-order valence-corrected chi connectivity index (χ3v) is 2.11. The van der Waals surface area contributed by atoms with E-state index in [1.165, 1.54) is 0 Å². The van der Waals surface area contributed by atoms with Gasteiger partial charge in [-0.1, -0.05) is 24.3 Å². The minimum absolute atomic E-state index is 0.300. The lowest BCUT2D eigenvalue weighted by molar-refractivity contribution is -0.104. The molecule has 2 nitrogen and oxygen atoms in total. The van der Waals surface area contributed by atoms with Crippen molar-refractivity contribution in [3.8, 4) is 0 Å². The standard InChI is InChI=1S/C11H13NO/c1-8-5-3-4-6-10(8)9(2)11(12)7-13/h3-7H,12H2,1-2H3. The molecule has 2 heteroatoms. The molecule has 0 fully saturated rings. The maximum atomic E-state index is 10.4. The number of hydrogen-bond acceptors (Lipinski definition) is 2. The molecule has 1 rings (SSSR count). The number of nitrogens with two attached hydrogens (primary N) is 1. The number of aryl methyl sites for hydroxylation is 1. The smallest absolute Gasteiger partial charge is 0.165 e. The highest BCUT2D eigenvalue weighted by atomic mass is 16.1. The van der Waals surface area contributed by atoms with Gasteiger partial charge in [-0.15, -0.1) is 0 Å². The summed E-state index contributed by atoms with van der Waals surface area (Å²) >= 11 is 0. The first-order valence-electron chi connectivity index (χ1n) is 4.14. The molecule has 0 aliphatic heterocycles. The molecule has 0 bridgehead atoms. The van der Waals surface area contributed by atoms with Crippen LogP contribution in [0, 0.1) is 6.92 Å². The van der Waals surface area contributed by atoms with Crippen LogP contribution in [-0.2, 0) is 4.79 Å². The second-order valence-corrected chi connectivity index (χ2v) is 3.01. The number of aldehydes is 1. The van der Waals surface area contributed by atoms with Gasteiger partial charge >= 0.3 is 0 Å². The zero-order valence-corrected chi connectivity index (χ0v) is 7.87. The molecule has 0 radical (unpaired) electrons. The van der Waals surface area contributed by atoms with Crippen molar-refractivity contribution in [2.24, 2.45) is 5.73 Å². The highest BCUT2D eigenvalue weighted by Crippen LogP contribution is 2.18. The maximum absolute atomic E-state index is 10.4. The maximum Gasteiger partial charge on any atom is 0.165 e. The SMILES string of the molecule is CC(=C(N)C=O)c1ccccc1C. The largest absolute Gasteiger partial charge is 0.396 e. The topological polar surface area (TPSA) is 43.1 Å². The summed E-state index contributed by atoms with van der Waals surface area (Å²) in [4.78, 5) is 10.4. The van der Waals surface area contributed by atoms with Gasteiger partial charge in [-0.3, -0.25) is 4.79 Å². The van der Waals surface area contributed by atoms with Crippen LogP contribution in [0.2, 0.25) is 0 Å². The van der Waals surface area contributed by atoms with Crippen LogP contribution in [0.4, 0.5) is 0 Å². The molecule has 68 valence electrons. The number of benzene rings is 1. The summed E-state index contributed by atoms with van der Waals surface area (Å²) in [5.74, 6) is 0. The Kier molecular flexibility index (Phi) is 2.85. The van der Waals surface area contributed by atoms with Crippen LogP contribution in [0.1, 0.15) is 18.1 Å². The Hall–Kier alpha value is -1.57. The van der Waals surface area contributed by atoms with E-state index in [0.717, 1.165) is 16.7 Å². The number of allylic oxidation sites excluding steroid dienone is 2. The van der Waals surface area contributed by atoms with E-state index in [0.29, 0.717) is 12.0 Å². The second kappa shape index (κ2) is 3.90. The van der Waals surface area contributed by atoms with Crippen molar-refractivity contribution in [3.05, 3.63) is 41.1 Å². The van der Waals surface area contributed by atoms with Gasteiger partial charge in [0.15, 0.2) is 6.29 Å². The molecule has 1 aromatic carbocycles. The monoisotopic (exact) mass is 175 g/mol. The van der Waals surface area contributed by atoms with Gasteiger partial charge in [-0.2, -0.15) is 0 Å². The van der Waals surface area contributed by atoms with Crippen molar-refractivity contribution in [1.82, 2.24) is 0 Å². The Morgan fingerprint density at radius 3 is 2.54 bits per heavy atom. The second-order valence-electron chi connectivity index (χ2n) is 3.01. The molecule has 0 saturated carbocycles. The quantitative estimate of drug-likeness (QED) is 0.551. The minimum atomic E-state index is 0.300. The molecular formula is C11H13NO. The molecule has 0 spiro atoms. The van der Waals surface area contributed by atoms with Crippen LogP contribution in [0.5, 0.6) is 0 Å². The van der Waals surface area contributed by atoms with E-state index < -0.39 is 0 Å². The predicted octanol–water partition coefficient (Wildman–Crippen LogP) is 1.88. The van der Waals surface area contributed by atoms with Crippen molar-refractivity contribution in [1.29, 1.82) is 0 Å². The first-order valence-corrected chi connectivity index (χ1v) is 4.14. The number of carbonyl (C=O) groups excluding carboxylic acids is 1. The first kappa shape index (κ1) is 9.52. The van der Waals surface area contributed by atoms with Gasteiger partial charge in [0, 0.05) is 0 Å². The van der Waals surface area contributed by atoms with Crippen molar-refractivity contribution in [2.45, 2.75) is 13.8 Å². The van der Waals surface area contributed by atoms with Gasteiger partial charge in [0.2, 0.25) is 0 Å². The predicted molar refractivity (Wildman–Crippen MR) is 54.0 cm³/mol. The van der Waals surface area contributed by atoms with Gasteiger partial charge in [0.1, 0.15) is 0 Å². The molecule has 0 aromatic heterocycles. The number of carbonyl (C=O) groups is 1. The molecule has 1 aromatic rings. The zero-order chi connectivity index (χ0) is 9.84. The first-order chi connectivity index (χ1) is 6.16. The Balaban J connectivity index is 3.23. The van der Waals surface area contributed by atoms with Crippen LogP contribution in [0.3, 0.4) is 0 Å². The Morgan fingerprint density at radius 2 is 2.00 bits per heavy atom. The van der Waals surface area contributed by atoms with Crippen LogP contribution in [-0.4, -0.2) is 6.29 Å². The van der Waals surface area contributed by atoms with Crippen LogP contribution in [0.25, 0.3) is 5.57 Å². The molecule has 0 unspecified atom stereocenters. The Bertz CT molecular complexity index is 353. The van der Waals surface area contributed by atoms with E-state index in [2.05, 4.69) is 0 Å². The zero-order valence-electron chi connectivity index (χ0n) is 7.87. The van der Waals surface area contributed by atoms with Crippen LogP contribution < -0.4 is 5.73 Å². The van der Waals surface area contributed by atoms with E-state index in [-0.39, 0.29) is 0 Å². The fourth-order valence-corrected chi connectivity index (χ4v) is 1.24. The Morgan fingerprint density at radius 1 is 1.38 bits per heavy atom. The molecule has 0 heterocycles. The molecule has 2 N–H and O–H groups in total. The van der Waals surface area contributed by atoms with E-state index in [4.69, 9.17) is 5.73 Å². The normalized spacial score (nSPS) is 12.2. The number of hydrogen-bond donors (Lipinski definition) is 1. The molecular weight excluding hydrogens is 162 g/mol. The van der Waals surface area contributed by atoms with Crippen molar-refractivity contribution >= 4 is 11.9 Å². The highest BCUT2D eigenvalue weighted by Gasteiger charge is 2.02. The molecule has 0 atom stereocenters. The van der Waals surface area contributed by atoms with Crippen LogP contribution >= 0.6 is 0 Å². The summed E-state index contributed by atoms with van der Waals surface area (Å²) in [5.41, 5.74) is 8.83. The van der Waals surface area contributed by atoms with E-state index in [1.54, 1.807) is 0 Å². The molecule has 0 aliphatic carbocycles. The molecule has 0 amide bonds. The summed E-state index contributed by atoms with van der Waals surface area (Å²) in [6.07, 6.45) is 0.682.